The van der Waals surface area contributed by atoms with E-state index in [4.69, 9.17) is 11.2 Å². The number of nitrogens with zero attached hydrogens (tertiary/aromatic N) is 5. The van der Waals surface area contributed by atoms with Crippen molar-refractivity contribution in [3.05, 3.63) is 101 Å². The number of allylic oxidation sites excluding steroid dienone is 6. The van der Waals surface area contributed by atoms with E-state index < -0.39 is 17.7 Å². The number of aliphatic hydroxyl groups is 1. The number of halogens is 3. The molecule has 2 aliphatic rings. The highest BCUT2D eigenvalue weighted by atomic mass is 19.4. The SMILES string of the molecule is C#CC(CCCN(CC)C(=O)CN1CCOCC1)c1ccc(N(CC)c2c(CO)cnc3ccc(CC=CC4C=CC=CC4=NC)cc23)cc1C(F)(F)F.CC. The average Bonchev–Trinajstić information content (AvgIpc) is 3.22. The Labute approximate surface area is 330 Å². The number of hydrogen-bond acceptors (Lipinski definition) is 7. The third-order valence-corrected chi connectivity index (χ3v) is 10.1. The Morgan fingerprint density at radius 1 is 1.14 bits per heavy atom. The molecular formula is C45H56F3N5O3. The van der Waals surface area contributed by atoms with Crippen molar-refractivity contribution in [1.29, 1.82) is 0 Å². The lowest BCUT2D eigenvalue weighted by atomic mass is 9.90. The second-order valence-electron chi connectivity index (χ2n) is 13.4. The number of carbonyl (C=O) groups excluding carboxylic acids is 1. The van der Waals surface area contributed by atoms with Gasteiger partial charge in [0.15, 0.2) is 0 Å². The van der Waals surface area contributed by atoms with Crippen LogP contribution in [0, 0.1) is 18.3 Å². The van der Waals surface area contributed by atoms with Crippen molar-refractivity contribution in [2.24, 2.45) is 10.9 Å². The second-order valence-corrected chi connectivity index (χ2v) is 13.4. The number of carbonyl (C=O) groups is 1. The second kappa shape index (κ2) is 21.5. The molecule has 1 aromatic heterocycles. The summed E-state index contributed by atoms with van der Waals surface area (Å²) in [5, 5.41) is 11.2. The molecule has 5 rings (SSSR count). The van der Waals surface area contributed by atoms with Crippen molar-refractivity contribution in [2.75, 3.05) is 64.4 Å². The maximum Gasteiger partial charge on any atom is 0.416 e. The number of aromatic nitrogens is 1. The smallest absolute Gasteiger partial charge is 0.392 e. The van der Waals surface area contributed by atoms with Gasteiger partial charge in [0, 0.05) is 80.2 Å². The number of hydrogen-bond donors (Lipinski definition) is 1. The van der Waals surface area contributed by atoms with Crippen molar-refractivity contribution >= 4 is 33.9 Å². The molecular weight excluding hydrogens is 716 g/mol. The topological polar surface area (TPSA) is 81.5 Å². The number of morpholine rings is 1. The van der Waals surface area contributed by atoms with E-state index in [0.717, 1.165) is 22.7 Å². The highest BCUT2D eigenvalue weighted by Crippen LogP contribution is 2.42. The summed E-state index contributed by atoms with van der Waals surface area (Å²) in [6.07, 6.45) is 16.4. The van der Waals surface area contributed by atoms with Crippen LogP contribution in [-0.2, 0) is 28.7 Å². The van der Waals surface area contributed by atoms with Gasteiger partial charge in [-0.3, -0.25) is 19.7 Å². The van der Waals surface area contributed by atoms with Gasteiger partial charge in [0.05, 0.1) is 43.1 Å². The van der Waals surface area contributed by atoms with E-state index in [1.807, 2.05) is 64.1 Å². The van der Waals surface area contributed by atoms with Gasteiger partial charge in [-0.15, -0.1) is 6.42 Å². The molecule has 2 unspecified atom stereocenters. The van der Waals surface area contributed by atoms with Crippen LogP contribution in [-0.4, -0.2) is 91.0 Å². The number of alkyl halides is 3. The van der Waals surface area contributed by atoms with Crippen molar-refractivity contribution in [3.8, 4) is 12.3 Å². The number of aliphatic hydroxyl groups excluding tert-OH is 1. The number of rotatable bonds is 15. The zero-order valence-electron chi connectivity index (χ0n) is 33.4. The first-order chi connectivity index (χ1) is 27.1. The lowest BCUT2D eigenvalue weighted by Gasteiger charge is -2.30. The molecule has 300 valence electrons. The van der Waals surface area contributed by atoms with Crippen LogP contribution in [0.15, 0.2) is 84.0 Å². The van der Waals surface area contributed by atoms with Crippen LogP contribution in [0.4, 0.5) is 24.5 Å². The molecule has 0 spiro atoms. The third-order valence-electron chi connectivity index (χ3n) is 10.1. The molecule has 0 saturated carbocycles. The minimum Gasteiger partial charge on any atom is -0.392 e. The van der Waals surface area contributed by atoms with E-state index in [9.17, 15) is 23.1 Å². The van der Waals surface area contributed by atoms with Crippen LogP contribution in [0.25, 0.3) is 10.9 Å². The molecule has 3 aromatic rings. The molecule has 2 heterocycles. The molecule has 1 aliphatic carbocycles. The monoisotopic (exact) mass is 771 g/mol. The normalized spacial score (nSPS) is 17.1. The number of benzene rings is 2. The van der Waals surface area contributed by atoms with Gasteiger partial charge in [0.2, 0.25) is 5.91 Å². The van der Waals surface area contributed by atoms with Crippen LogP contribution in [0.3, 0.4) is 0 Å². The molecule has 11 heteroatoms. The Morgan fingerprint density at radius 3 is 2.57 bits per heavy atom. The van der Waals surface area contributed by atoms with Gasteiger partial charge >= 0.3 is 6.18 Å². The lowest BCUT2D eigenvalue weighted by molar-refractivity contribution is -0.138. The van der Waals surface area contributed by atoms with Crippen molar-refractivity contribution in [3.63, 3.8) is 0 Å². The Balaban J connectivity index is 0.00000342. The van der Waals surface area contributed by atoms with Gasteiger partial charge < -0.3 is 19.6 Å². The molecule has 1 aliphatic heterocycles. The Hall–Kier alpha value is -4.76. The first-order valence-electron chi connectivity index (χ1n) is 19.6. The molecule has 0 bridgehead atoms. The molecule has 1 N–H and O–H groups in total. The van der Waals surface area contributed by atoms with E-state index in [0.29, 0.717) is 87.7 Å². The maximum absolute atomic E-state index is 14.9. The van der Waals surface area contributed by atoms with E-state index in [2.05, 4.69) is 39.0 Å². The van der Waals surface area contributed by atoms with E-state index in [1.54, 1.807) is 29.1 Å². The largest absolute Gasteiger partial charge is 0.416 e. The number of aliphatic imine (C=N–C) groups is 1. The van der Waals surface area contributed by atoms with Crippen molar-refractivity contribution in [1.82, 2.24) is 14.8 Å². The van der Waals surface area contributed by atoms with Crippen LogP contribution in [0.1, 0.15) is 68.7 Å². The molecule has 56 heavy (non-hydrogen) atoms. The summed E-state index contributed by atoms with van der Waals surface area (Å²) in [5.41, 5.74) is 3.29. The van der Waals surface area contributed by atoms with Gasteiger partial charge in [0.1, 0.15) is 0 Å². The lowest BCUT2D eigenvalue weighted by Crippen LogP contribution is -2.45. The molecule has 1 amide bonds. The van der Waals surface area contributed by atoms with Crippen LogP contribution >= 0.6 is 0 Å². The molecule has 1 saturated heterocycles. The fourth-order valence-corrected chi connectivity index (χ4v) is 7.17. The fraction of sp³-hybridized carbons (Fsp3) is 0.444. The minimum absolute atomic E-state index is 0.0128. The molecule has 8 nitrogen and oxygen atoms in total. The number of fused-ring (bicyclic) bond motifs is 1. The first kappa shape index (κ1) is 44.0. The molecule has 2 atom stereocenters. The highest BCUT2D eigenvalue weighted by molar-refractivity contribution is 6.00. The van der Waals surface area contributed by atoms with E-state index in [1.165, 1.54) is 6.07 Å². The van der Waals surface area contributed by atoms with Crippen LogP contribution < -0.4 is 4.90 Å². The van der Waals surface area contributed by atoms with Gasteiger partial charge in [-0.2, -0.15) is 13.2 Å². The maximum atomic E-state index is 14.9. The molecule has 0 radical (unpaired) electrons. The van der Waals surface area contributed by atoms with Crippen molar-refractivity contribution in [2.45, 2.75) is 65.7 Å². The van der Waals surface area contributed by atoms with Crippen LogP contribution in [0.2, 0.25) is 0 Å². The number of terminal acetylenes is 1. The van der Waals surface area contributed by atoms with Gasteiger partial charge in [0.25, 0.3) is 0 Å². The van der Waals surface area contributed by atoms with Crippen molar-refractivity contribution < 1.29 is 27.8 Å². The molecule has 1 fully saturated rings. The summed E-state index contributed by atoms with van der Waals surface area (Å²) in [7, 11) is 1.77. The zero-order valence-corrected chi connectivity index (χ0v) is 33.4. The standard InChI is InChI=1S/C43H50F3N5O3.C2H6/c1-5-32(15-11-21-50(6-2)41(53)29-49-22-24-54-25-23-49)36-19-18-35(27-38(36)43(44,45)46)51(7-3)42-34(30-52)28-48-40-20-17-31(26-37(40)42)12-10-14-33-13-8-9-16-39(33)47-4;1-2/h1,8-10,13-14,16-20,26-28,32-33,52H,6-7,11-12,15,21-25,29-30H2,2-4H3;1-2H3. The predicted octanol–water partition coefficient (Wildman–Crippen LogP) is 8.52. The van der Waals surface area contributed by atoms with Gasteiger partial charge in [-0.1, -0.05) is 62.3 Å². The minimum atomic E-state index is -4.67. The zero-order chi connectivity index (χ0) is 40.7. The summed E-state index contributed by atoms with van der Waals surface area (Å²) in [5.74, 6) is 1.87. The first-order valence-corrected chi connectivity index (χ1v) is 19.6. The quantitative estimate of drug-likeness (QED) is 0.123. The summed E-state index contributed by atoms with van der Waals surface area (Å²) < 4.78 is 49.9. The Kier molecular flexibility index (Phi) is 16.9. The molecule has 2 aromatic carbocycles. The number of ether oxygens (including phenoxy) is 1. The van der Waals surface area contributed by atoms with Gasteiger partial charge in [-0.25, -0.2) is 0 Å². The van der Waals surface area contributed by atoms with E-state index >= 15 is 0 Å². The summed E-state index contributed by atoms with van der Waals surface area (Å²) in [4.78, 5) is 27.5. The van der Waals surface area contributed by atoms with Gasteiger partial charge in [-0.05, 0) is 74.6 Å². The Morgan fingerprint density at radius 2 is 1.91 bits per heavy atom. The summed E-state index contributed by atoms with van der Waals surface area (Å²) in [6, 6.07) is 10.2. The van der Waals surface area contributed by atoms with E-state index in [-0.39, 0.29) is 30.5 Å². The average molecular weight is 772 g/mol. The fourth-order valence-electron chi connectivity index (χ4n) is 7.17. The third kappa shape index (κ3) is 11.2. The summed E-state index contributed by atoms with van der Waals surface area (Å²) in [6.45, 7) is 11.5. The number of likely N-dealkylation sites (N-methyl/N-ethyl adjacent to an activating group) is 1. The van der Waals surface area contributed by atoms with Crippen LogP contribution in [0.5, 0.6) is 0 Å². The summed E-state index contributed by atoms with van der Waals surface area (Å²) >= 11 is 0. The number of anilines is 2. The number of amides is 1. The predicted molar refractivity (Wildman–Crippen MR) is 221 cm³/mol. The highest BCUT2D eigenvalue weighted by Gasteiger charge is 2.36. The number of pyridine rings is 1. The Bertz CT molecular complexity index is 1920.